The summed E-state index contributed by atoms with van der Waals surface area (Å²) in [4.78, 5) is 6.53. The first kappa shape index (κ1) is 14.4. The lowest BCUT2D eigenvalue weighted by molar-refractivity contribution is 0.239. The molecule has 1 aromatic rings. The molecule has 3 N–H and O–H groups in total. The number of nitrogens with two attached hydrogens (primary N) is 1. The van der Waals surface area contributed by atoms with Crippen LogP contribution in [0.15, 0.2) is 29.6 Å². The molecule has 100 valence electrons. The summed E-state index contributed by atoms with van der Waals surface area (Å²) in [5.41, 5.74) is 6.64. The summed E-state index contributed by atoms with van der Waals surface area (Å²) in [5, 5.41) is 11.6. The molecule has 1 rings (SSSR count). The highest BCUT2D eigenvalue weighted by atomic mass is 16.4. The predicted octanol–water partition coefficient (Wildman–Crippen LogP) is 1.47. The number of oxime groups is 1. The minimum Gasteiger partial charge on any atom is -0.409 e. The van der Waals surface area contributed by atoms with Gasteiger partial charge in [-0.2, -0.15) is 0 Å². The van der Waals surface area contributed by atoms with E-state index in [9.17, 15) is 0 Å². The first-order chi connectivity index (χ1) is 8.67. The van der Waals surface area contributed by atoms with E-state index in [1.54, 1.807) is 0 Å². The van der Waals surface area contributed by atoms with Gasteiger partial charge in [-0.1, -0.05) is 18.1 Å². The SMILES string of the molecule is CCC(C/C(N)=N/O)N(C)CCc1ccccn1. The van der Waals surface area contributed by atoms with Gasteiger partial charge in [0.2, 0.25) is 0 Å². The normalized spacial score (nSPS) is 13.8. The smallest absolute Gasteiger partial charge is 0.140 e. The maximum absolute atomic E-state index is 8.60. The molecular formula is C13H22N4O. The van der Waals surface area contributed by atoms with Crippen molar-refractivity contribution in [3.63, 3.8) is 0 Å². The van der Waals surface area contributed by atoms with Gasteiger partial charge in [-0.05, 0) is 25.6 Å². The highest BCUT2D eigenvalue weighted by Gasteiger charge is 2.14. The molecule has 1 atom stereocenters. The number of likely N-dealkylation sites (N-methyl/N-ethyl adjacent to an activating group) is 1. The number of pyridine rings is 1. The molecule has 5 heteroatoms. The van der Waals surface area contributed by atoms with Crippen molar-refractivity contribution < 1.29 is 5.21 Å². The number of aromatic nitrogens is 1. The molecule has 1 unspecified atom stereocenters. The van der Waals surface area contributed by atoms with E-state index < -0.39 is 0 Å². The minimum atomic E-state index is 0.284. The van der Waals surface area contributed by atoms with Crippen molar-refractivity contribution in [2.24, 2.45) is 10.9 Å². The minimum absolute atomic E-state index is 0.284. The van der Waals surface area contributed by atoms with Crippen LogP contribution in [0.4, 0.5) is 0 Å². The van der Waals surface area contributed by atoms with Gasteiger partial charge in [-0.15, -0.1) is 0 Å². The van der Waals surface area contributed by atoms with Crippen LogP contribution in [0.5, 0.6) is 0 Å². The van der Waals surface area contributed by atoms with Gasteiger partial charge in [-0.3, -0.25) is 4.98 Å². The van der Waals surface area contributed by atoms with Gasteiger partial charge in [0.15, 0.2) is 0 Å². The van der Waals surface area contributed by atoms with Crippen molar-refractivity contribution >= 4 is 5.84 Å². The van der Waals surface area contributed by atoms with Crippen molar-refractivity contribution in [2.75, 3.05) is 13.6 Å². The Hall–Kier alpha value is -1.62. The molecule has 0 saturated heterocycles. The third kappa shape index (κ3) is 4.71. The van der Waals surface area contributed by atoms with E-state index in [1.807, 2.05) is 24.4 Å². The van der Waals surface area contributed by atoms with E-state index in [0.717, 1.165) is 25.1 Å². The molecule has 0 radical (unpaired) electrons. The van der Waals surface area contributed by atoms with Crippen LogP contribution in [0.2, 0.25) is 0 Å². The third-order valence-corrected chi connectivity index (χ3v) is 3.11. The van der Waals surface area contributed by atoms with Crippen LogP contribution in [0.3, 0.4) is 0 Å². The monoisotopic (exact) mass is 250 g/mol. The van der Waals surface area contributed by atoms with Gasteiger partial charge in [0.05, 0.1) is 0 Å². The molecule has 0 spiro atoms. The molecular weight excluding hydrogens is 228 g/mol. The molecule has 0 aliphatic heterocycles. The third-order valence-electron chi connectivity index (χ3n) is 3.11. The average molecular weight is 250 g/mol. The maximum Gasteiger partial charge on any atom is 0.140 e. The number of rotatable bonds is 7. The average Bonchev–Trinajstić information content (AvgIpc) is 2.42. The first-order valence-electron chi connectivity index (χ1n) is 6.24. The van der Waals surface area contributed by atoms with E-state index in [4.69, 9.17) is 10.9 Å². The maximum atomic E-state index is 8.60. The second-order valence-corrected chi connectivity index (χ2v) is 4.41. The summed E-state index contributed by atoms with van der Waals surface area (Å²) < 4.78 is 0. The first-order valence-corrected chi connectivity index (χ1v) is 6.24. The molecule has 5 nitrogen and oxygen atoms in total. The lowest BCUT2D eigenvalue weighted by Crippen LogP contribution is -2.36. The van der Waals surface area contributed by atoms with Crippen molar-refractivity contribution in [3.8, 4) is 0 Å². The molecule has 1 aromatic heterocycles. The van der Waals surface area contributed by atoms with Crippen molar-refractivity contribution in [1.82, 2.24) is 9.88 Å². The summed E-state index contributed by atoms with van der Waals surface area (Å²) in [6, 6.07) is 6.24. The lowest BCUT2D eigenvalue weighted by atomic mass is 10.1. The summed E-state index contributed by atoms with van der Waals surface area (Å²) in [6.45, 7) is 3.01. The fraction of sp³-hybridized carbons (Fsp3) is 0.538. The Kier molecular flexibility index (Phi) is 6.14. The lowest BCUT2D eigenvalue weighted by Gasteiger charge is -2.26. The second kappa shape index (κ2) is 7.66. The zero-order valence-electron chi connectivity index (χ0n) is 11.1. The zero-order valence-corrected chi connectivity index (χ0v) is 11.1. The summed E-state index contributed by atoms with van der Waals surface area (Å²) in [7, 11) is 2.06. The summed E-state index contributed by atoms with van der Waals surface area (Å²) >= 11 is 0. The number of hydrogen-bond acceptors (Lipinski definition) is 4. The van der Waals surface area contributed by atoms with Gasteiger partial charge in [0.25, 0.3) is 0 Å². The van der Waals surface area contributed by atoms with Crippen molar-refractivity contribution in [3.05, 3.63) is 30.1 Å². The molecule has 1 heterocycles. The number of hydrogen-bond donors (Lipinski definition) is 2. The van der Waals surface area contributed by atoms with Gasteiger partial charge in [-0.25, -0.2) is 0 Å². The van der Waals surface area contributed by atoms with E-state index in [1.165, 1.54) is 0 Å². The van der Waals surface area contributed by atoms with Crippen LogP contribution in [0, 0.1) is 0 Å². The second-order valence-electron chi connectivity index (χ2n) is 4.41. The Morgan fingerprint density at radius 1 is 1.56 bits per heavy atom. The van der Waals surface area contributed by atoms with Crippen LogP contribution in [-0.4, -0.2) is 40.6 Å². The van der Waals surface area contributed by atoms with E-state index >= 15 is 0 Å². The molecule has 18 heavy (non-hydrogen) atoms. The molecule has 0 saturated carbocycles. The van der Waals surface area contributed by atoms with Crippen LogP contribution in [0.25, 0.3) is 0 Å². The topological polar surface area (TPSA) is 74.7 Å². The Balaban J connectivity index is 2.45. The quantitative estimate of drug-likeness (QED) is 0.332. The molecule has 0 aromatic carbocycles. The largest absolute Gasteiger partial charge is 0.409 e. The molecule has 0 amide bonds. The Labute approximate surface area is 108 Å². The fourth-order valence-electron chi connectivity index (χ4n) is 1.91. The Morgan fingerprint density at radius 2 is 2.33 bits per heavy atom. The van der Waals surface area contributed by atoms with Crippen molar-refractivity contribution in [2.45, 2.75) is 32.2 Å². The zero-order chi connectivity index (χ0) is 13.4. The van der Waals surface area contributed by atoms with Gasteiger partial charge in [0, 0.05) is 37.3 Å². The van der Waals surface area contributed by atoms with Crippen molar-refractivity contribution in [1.29, 1.82) is 0 Å². The van der Waals surface area contributed by atoms with Gasteiger partial charge < -0.3 is 15.8 Å². The van der Waals surface area contributed by atoms with Gasteiger partial charge in [0.1, 0.15) is 5.84 Å². The molecule has 0 aliphatic carbocycles. The van der Waals surface area contributed by atoms with E-state index in [0.29, 0.717) is 12.5 Å². The van der Waals surface area contributed by atoms with Crippen LogP contribution < -0.4 is 5.73 Å². The van der Waals surface area contributed by atoms with Crippen LogP contribution in [-0.2, 0) is 6.42 Å². The Bertz CT molecular complexity index is 367. The summed E-state index contributed by atoms with van der Waals surface area (Å²) in [6.07, 6.45) is 4.27. The molecule has 0 bridgehead atoms. The number of amidine groups is 1. The van der Waals surface area contributed by atoms with Gasteiger partial charge >= 0.3 is 0 Å². The van der Waals surface area contributed by atoms with Crippen LogP contribution in [0.1, 0.15) is 25.5 Å². The highest BCUT2D eigenvalue weighted by molar-refractivity contribution is 5.80. The number of nitrogens with zero attached hydrogens (tertiary/aromatic N) is 3. The van der Waals surface area contributed by atoms with E-state index in [-0.39, 0.29) is 5.84 Å². The molecule has 0 fully saturated rings. The Morgan fingerprint density at radius 3 is 2.89 bits per heavy atom. The van der Waals surface area contributed by atoms with Crippen LogP contribution >= 0.6 is 0 Å². The standard InChI is InChI=1S/C13H22N4O/c1-3-12(10-13(14)16-18)17(2)9-7-11-6-4-5-8-15-11/h4-6,8,12,18H,3,7,9-10H2,1-2H3,(H2,14,16). The predicted molar refractivity (Wildman–Crippen MR) is 72.7 cm³/mol. The fourth-order valence-corrected chi connectivity index (χ4v) is 1.91. The molecule has 0 aliphatic rings. The summed E-state index contributed by atoms with van der Waals surface area (Å²) in [5.74, 6) is 0.284. The van der Waals surface area contributed by atoms with E-state index in [2.05, 4.69) is 29.0 Å². The highest BCUT2D eigenvalue weighted by Crippen LogP contribution is 2.08.